The molecule has 0 aromatic heterocycles. The van der Waals surface area contributed by atoms with Crippen molar-refractivity contribution in [1.82, 2.24) is 4.90 Å². The van der Waals surface area contributed by atoms with E-state index in [-0.39, 0.29) is 10.8 Å². The molecule has 8 nitrogen and oxygen atoms in total. The molecule has 3 N–H and O–H groups in total. The van der Waals surface area contributed by atoms with Crippen LogP contribution in [0.15, 0.2) is 77.7 Å². The minimum absolute atomic E-state index is 0.0868. The summed E-state index contributed by atoms with van der Waals surface area (Å²) in [5.74, 6) is -0.277. The number of rotatable bonds is 7. The van der Waals surface area contributed by atoms with Gasteiger partial charge < -0.3 is 20.2 Å². The fourth-order valence-electron chi connectivity index (χ4n) is 3.85. The smallest absolute Gasteiger partial charge is 0.261 e. The largest absolute Gasteiger partial charge is 0.389 e. The molecule has 1 aliphatic heterocycles. The van der Waals surface area contributed by atoms with E-state index in [0.29, 0.717) is 22.5 Å². The second kappa shape index (κ2) is 10.5. The minimum Gasteiger partial charge on any atom is -0.389 e. The van der Waals surface area contributed by atoms with Crippen LogP contribution in [0.3, 0.4) is 0 Å². The third-order valence-corrected chi connectivity index (χ3v) is 7.46. The van der Waals surface area contributed by atoms with E-state index in [0.717, 1.165) is 31.9 Å². The number of aliphatic hydroxyl groups is 1. The molecule has 0 spiro atoms. The number of piperazine rings is 1. The predicted molar refractivity (Wildman–Crippen MR) is 138 cm³/mol. The van der Waals surface area contributed by atoms with E-state index in [9.17, 15) is 18.3 Å². The normalized spacial score (nSPS) is 15.5. The third-order valence-electron chi connectivity index (χ3n) is 6.07. The van der Waals surface area contributed by atoms with Crippen molar-refractivity contribution in [3.63, 3.8) is 0 Å². The Kier molecular flexibility index (Phi) is 7.39. The van der Waals surface area contributed by atoms with Gasteiger partial charge in [0, 0.05) is 48.8 Å². The van der Waals surface area contributed by atoms with Gasteiger partial charge in [0.15, 0.2) is 0 Å². The van der Waals surface area contributed by atoms with Crippen LogP contribution >= 0.6 is 0 Å². The molecule has 0 radical (unpaired) electrons. The average Bonchev–Trinajstić information content (AvgIpc) is 2.85. The van der Waals surface area contributed by atoms with E-state index >= 15 is 0 Å². The molecule has 1 saturated heterocycles. The Bertz CT molecular complexity index is 1250. The number of aliphatic hydroxyl groups excluding tert-OH is 1. The number of carbonyl (C=O) groups is 1. The monoisotopic (exact) mass is 494 g/mol. The van der Waals surface area contributed by atoms with E-state index in [1.807, 2.05) is 24.3 Å². The number of sulfonamides is 1. The lowest BCUT2D eigenvalue weighted by Crippen LogP contribution is -2.44. The zero-order chi connectivity index (χ0) is 25.0. The minimum atomic E-state index is -3.79. The predicted octanol–water partition coefficient (Wildman–Crippen LogP) is 3.54. The number of likely N-dealkylation sites (N-methyl/N-ethyl adjacent to an activating group) is 1. The molecule has 4 rings (SSSR count). The molecule has 184 valence electrons. The van der Waals surface area contributed by atoms with Crippen molar-refractivity contribution in [1.29, 1.82) is 0 Å². The lowest BCUT2D eigenvalue weighted by atomic mass is 10.1. The summed E-state index contributed by atoms with van der Waals surface area (Å²) < 4.78 is 27.8. The van der Waals surface area contributed by atoms with Gasteiger partial charge in [-0.25, -0.2) is 8.42 Å². The number of nitrogens with zero attached hydrogens (tertiary/aromatic N) is 2. The summed E-state index contributed by atoms with van der Waals surface area (Å²) >= 11 is 0. The molecule has 1 amide bonds. The van der Waals surface area contributed by atoms with Crippen molar-refractivity contribution in [2.45, 2.75) is 17.9 Å². The summed E-state index contributed by atoms with van der Waals surface area (Å²) in [7, 11) is -1.67. The standard InChI is InChI=1S/C26H30N4O4S/c1-19(31)20-5-13-25(14-6-20)35(33,34)28-23-7-3-21(4-8-23)26(32)27-22-9-11-24(12-10-22)30-17-15-29(2)16-18-30/h3-14,19,28,31H,15-18H2,1-2H3,(H,27,32)/t19-/m0/s1. The molecule has 1 heterocycles. The zero-order valence-electron chi connectivity index (χ0n) is 19.8. The van der Waals surface area contributed by atoms with E-state index in [2.05, 4.69) is 26.9 Å². The van der Waals surface area contributed by atoms with E-state index in [4.69, 9.17) is 0 Å². The first-order valence-corrected chi connectivity index (χ1v) is 13.0. The van der Waals surface area contributed by atoms with Gasteiger partial charge in [0.1, 0.15) is 0 Å². The summed E-state index contributed by atoms with van der Waals surface area (Å²) in [5, 5.41) is 12.5. The van der Waals surface area contributed by atoms with Gasteiger partial charge in [0.05, 0.1) is 11.0 Å². The van der Waals surface area contributed by atoms with E-state index in [1.54, 1.807) is 43.3 Å². The second-order valence-corrected chi connectivity index (χ2v) is 10.4. The molecule has 0 bridgehead atoms. The van der Waals surface area contributed by atoms with Crippen LogP contribution in [0.25, 0.3) is 0 Å². The fraction of sp³-hybridized carbons (Fsp3) is 0.269. The van der Waals surface area contributed by atoms with Crippen molar-refractivity contribution in [2.75, 3.05) is 48.2 Å². The molecule has 0 aliphatic carbocycles. The number of anilines is 3. The Labute approximate surface area is 206 Å². The van der Waals surface area contributed by atoms with Crippen molar-refractivity contribution >= 4 is 33.0 Å². The highest BCUT2D eigenvalue weighted by molar-refractivity contribution is 7.92. The highest BCUT2D eigenvalue weighted by Crippen LogP contribution is 2.22. The van der Waals surface area contributed by atoms with Crippen LogP contribution in [-0.4, -0.2) is 57.6 Å². The topological polar surface area (TPSA) is 102 Å². The van der Waals surface area contributed by atoms with Crippen LogP contribution in [0, 0.1) is 0 Å². The number of hydrogen-bond acceptors (Lipinski definition) is 6. The lowest BCUT2D eigenvalue weighted by molar-refractivity contribution is 0.102. The third kappa shape index (κ3) is 6.19. The Hall–Kier alpha value is -3.40. The van der Waals surface area contributed by atoms with Gasteiger partial charge in [-0.05, 0) is 80.2 Å². The summed E-state index contributed by atoms with van der Waals surface area (Å²) in [5.41, 5.74) is 3.22. The Morgan fingerprint density at radius 3 is 2.00 bits per heavy atom. The SMILES string of the molecule is C[C@H](O)c1ccc(S(=O)(=O)Nc2ccc(C(=O)Nc3ccc(N4CCN(C)CC4)cc3)cc2)cc1. The highest BCUT2D eigenvalue weighted by atomic mass is 32.2. The number of benzene rings is 3. The number of amides is 1. The summed E-state index contributed by atoms with van der Waals surface area (Å²) in [6.45, 7) is 5.62. The number of nitrogens with one attached hydrogen (secondary N) is 2. The Balaban J connectivity index is 1.36. The summed E-state index contributed by atoms with van der Waals surface area (Å²) in [6, 6.07) is 20.1. The number of hydrogen-bond donors (Lipinski definition) is 3. The average molecular weight is 495 g/mol. The molecule has 1 fully saturated rings. The van der Waals surface area contributed by atoms with E-state index < -0.39 is 16.1 Å². The van der Waals surface area contributed by atoms with Crippen molar-refractivity contribution in [2.24, 2.45) is 0 Å². The van der Waals surface area contributed by atoms with Crippen LogP contribution in [0.2, 0.25) is 0 Å². The second-order valence-electron chi connectivity index (χ2n) is 8.72. The van der Waals surface area contributed by atoms with Gasteiger partial charge in [-0.2, -0.15) is 0 Å². The van der Waals surface area contributed by atoms with E-state index in [1.165, 1.54) is 12.1 Å². The lowest BCUT2D eigenvalue weighted by Gasteiger charge is -2.34. The van der Waals surface area contributed by atoms with Gasteiger partial charge in [-0.3, -0.25) is 9.52 Å². The fourth-order valence-corrected chi connectivity index (χ4v) is 4.91. The molecule has 1 aliphatic rings. The molecule has 0 saturated carbocycles. The van der Waals surface area contributed by atoms with Gasteiger partial charge in [0.25, 0.3) is 15.9 Å². The number of carbonyl (C=O) groups excluding carboxylic acids is 1. The maximum atomic E-state index is 12.7. The molecular weight excluding hydrogens is 464 g/mol. The van der Waals surface area contributed by atoms with Gasteiger partial charge >= 0.3 is 0 Å². The molecule has 9 heteroatoms. The van der Waals surface area contributed by atoms with Crippen LogP contribution in [0.1, 0.15) is 28.9 Å². The molecule has 3 aromatic carbocycles. The van der Waals surface area contributed by atoms with Gasteiger partial charge in [-0.1, -0.05) is 12.1 Å². The molecular formula is C26H30N4O4S. The summed E-state index contributed by atoms with van der Waals surface area (Å²) in [6.07, 6.45) is -0.673. The first-order chi connectivity index (χ1) is 16.7. The first-order valence-electron chi connectivity index (χ1n) is 11.5. The molecule has 3 aromatic rings. The van der Waals surface area contributed by atoms with Gasteiger partial charge in [0.2, 0.25) is 0 Å². The maximum absolute atomic E-state index is 12.7. The van der Waals surface area contributed by atoms with Crippen LogP contribution in [0.5, 0.6) is 0 Å². The molecule has 0 unspecified atom stereocenters. The maximum Gasteiger partial charge on any atom is 0.261 e. The zero-order valence-corrected chi connectivity index (χ0v) is 20.6. The summed E-state index contributed by atoms with van der Waals surface area (Å²) in [4.78, 5) is 17.4. The van der Waals surface area contributed by atoms with Crippen LogP contribution < -0.4 is 14.9 Å². The van der Waals surface area contributed by atoms with Crippen molar-refractivity contribution in [3.05, 3.63) is 83.9 Å². The first kappa shape index (κ1) is 24.7. The van der Waals surface area contributed by atoms with Crippen molar-refractivity contribution < 1.29 is 18.3 Å². The quantitative estimate of drug-likeness (QED) is 0.464. The van der Waals surface area contributed by atoms with Crippen molar-refractivity contribution in [3.8, 4) is 0 Å². The Morgan fingerprint density at radius 2 is 1.43 bits per heavy atom. The highest BCUT2D eigenvalue weighted by Gasteiger charge is 2.16. The Morgan fingerprint density at radius 1 is 0.857 bits per heavy atom. The van der Waals surface area contributed by atoms with Gasteiger partial charge in [-0.15, -0.1) is 0 Å². The molecule has 35 heavy (non-hydrogen) atoms. The van der Waals surface area contributed by atoms with Crippen LogP contribution in [0.4, 0.5) is 17.1 Å². The molecule has 1 atom stereocenters. The van der Waals surface area contributed by atoms with Crippen LogP contribution in [-0.2, 0) is 10.0 Å².